The summed E-state index contributed by atoms with van der Waals surface area (Å²) < 4.78 is 7.32. The van der Waals surface area contributed by atoms with E-state index in [0.29, 0.717) is 28.5 Å². The van der Waals surface area contributed by atoms with E-state index in [9.17, 15) is 19.2 Å². The summed E-state index contributed by atoms with van der Waals surface area (Å²) in [6, 6.07) is 0. The maximum Gasteiger partial charge on any atom is 0.419 e. The topological polar surface area (TPSA) is 108 Å². The van der Waals surface area contributed by atoms with Crippen molar-refractivity contribution in [3.8, 4) is 0 Å². The number of nitrogens with zero attached hydrogens (tertiary/aromatic N) is 3. The van der Waals surface area contributed by atoms with Gasteiger partial charge in [-0.25, -0.2) is 19.1 Å². The van der Waals surface area contributed by atoms with E-state index in [1.165, 1.54) is 30.2 Å². The maximum absolute atomic E-state index is 12.7. The van der Waals surface area contributed by atoms with Crippen LogP contribution in [0.2, 0.25) is 0 Å². The van der Waals surface area contributed by atoms with Crippen LogP contribution in [0.3, 0.4) is 0 Å². The SMILES string of the molecule is O=C(CCc1cn(C(=O)OC23CC4CC(CC(C4)C2)C3)cn1)ON1C(=O)CCC1=O. The number of aromatic nitrogens is 2. The zero-order chi connectivity index (χ0) is 20.9. The first-order chi connectivity index (χ1) is 14.4. The largest absolute Gasteiger partial charge is 0.442 e. The molecule has 1 saturated heterocycles. The lowest BCUT2D eigenvalue weighted by molar-refractivity contribution is -0.197. The van der Waals surface area contributed by atoms with Gasteiger partial charge in [0.1, 0.15) is 11.9 Å². The standard InChI is InChI=1S/C21H25N3O6/c25-17-2-3-18(26)24(17)30-19(27)4-1-16-11-23(12-22-16)20(28)29-21-8-13-5-14(9-21)7-15(6-13)10-21/h11-15H,1-10H2. The number of imide groups is 1. The van der Waals surface area contributed by atoms with Crippen LogP contribution in [0, 0.1) is 17.8 Å². The Morgan fingerprint density at radius 2 is 1.63 bits per heavy atom. The molecule has 4 aliphatic carbocycles. The summed E-state index contributed by atoms with van der Waals surface area (Å²) in [5.41, 5.74) is 0.211. The van der Waals surface area contributed by atoms with Crippen molar-refractivity contribution in [1.29, 1.82) is 0 Å². The maximum atomic E-state index is 12.7. The molecule has 2 amide bonds. The quantitative estimate of drug-likeness (QED) is 0.680. The summed E-state index contributed by atoms with van der Waals surface area (Å²) in [6.45, 7) is 0. The molecule has 1 aromatic rings. The number of carbonyl (C=O) groups is 4. The lowest BCUT2D eigenvalue weighted by atomic mass is 9.54. The molecule has 30 heavy (non-hydrogen) atoms. The van der Waals surface area contributed by atoms with Crippen LogP contribution in [-0.2, 0) is 30.4 Å². The summed E-state index contributed by atoms with van der Waals surface area (Å²) in [4.78, 5) is 56.6. The van der Waals surface area contributed by atoms with Crippen molar-refractivity contribution >= 4 is 23.9 Å². The van der Waals surface area contributed by atoms with E-state index in [2.05, 4.69) is 4.98 Å². The van der Waals surface area contributed by atoms with Crippen LogP contribution in [0.25, 0.3) is 0 Å². The van der Waals surface area contributed by atoms with Crippen molar-refractivity contribution in [3.63, 3.8) is 0 Å². The van der Waals surface area contributed by atoms with Crippen molar-refractivity contribution in [2.75, 3.05) is 0 Å². The molecule has 5 aliphatic rings. The summed E-state index contributed by atoms with van der Waals surface area (Å²) in [7, 11) is 0. The van der Waals surface area contributed by atoms with E-state index in [4.69, 9.17) is 9.57 Å². The van der Waals surface area contributed by atoms with Crippen LogP contribution in [0.4, 0.5) is 4.79 Å². The minimum absolute atomic E-state index is 0.0574. The van der Waals surface area contributed by atoms with Crippen LogP contribution >= 0.6 is 0 Å². The van der Waals surface area contributed by atoms with Gasteiger partial charge in [0.15, 0.2) is 0 Å². The molecule has 9 nitrogen and oxygen atoms in total. The molecule has 0 aromatic carbocycles. The van der Waals surface area contributed by atoms with Gasteiger partial charge < -0.3 is 9.57 Å². The van der Waals surface area contributed by atoms with Crippen LogP contribution < -0.4 is 0 Å². The van der Waals surface area contributed by atoms with E-state index in [1.54, 1.807) is 6.20 Å². The van der Waals surface area contributed by atoms with E-state index >= 15 is 0 Å². The second-order valence-corrected chi connectivity index (χ2v) is 9.29. The van der Waals surface area contributed by atoms with E-state index < -0.39 is 23.9 Å². The van der Waals surface area contributed by atoms with Crippen molar-refractivity contribution in [2.24, 2.45) is 17.8 Å². The lowest BCUT2D eigenvalue weighted by Crippen LogP contribution is -2.53. The van der Waals surface area contributed by atoms with Gasteiger partial charge >= 0.3 is 12.1 Å². The van der Waals surface area contributed by atoms with Gasteiger partial charge in [-0.15, -0.1) is 5.06 Å². The number of rotatable bonds is 5. The number of hydroxylamine groups is 2. The molecule has 4 saturated carbocycles. The average molecular weight is 415 g/mol. The van der Waals surface area contributed by atoms with Crippen molar-refractivity contribution in [1.82, 2.24) is 14.6 Å². The predicted molar refractivity (Wildman–Crippen MR) is 101 cm³/mol. The Bertz CT molecular complexity index is 855. The first-order valence-electron chi connectivity index (χ1n) is 10.7. The lowest BCUT2D eigenvalue weighted by Gasteiger charge is -2.55. The average Bonchev–Trinajstić information content (AvgIpc) is 3.27. The highest BCUT2D eigenvalue weighted by atomic mass is 16.7. The zero-order valence-electron chi connectivity index (χ0n) is 16.7. The van der Waals surface area contributed by atoms with Crippen molar-refractivity contribution < 1.29 is 28.8 Å². The summed E-state index contributed by atoms with van der Waals surface area (Å²) >= 11 is 0. The highest BCUT2D eigenvalue weighted by molar-refractivity contribution is 6.01. The Labute approximate surface area is 173 Å². The molecule has 9 heteroatoms. The van der Waals surface area contributed by atoms with Crippen molar-refractivity contribution in [2.45, 2.75) is 69.8 Å². The van der Waals surface area contributed by atoms with Gasteiger partial charge in [-0.05, 0) is 56.3 Å². The molecule has 0 atom stereocenters. The number of imidazole rings is 1. The molecule has 0 spiro atoms. The van der Waals surface area contributed by atoms with Crippen LogP contribution in [0.1, 0.15) is 63.5 Å². The Kier molecular flexibility index (Phi) is 4.63. The fourth-order valence-corrected chi connectivity index (χ4v) is 6.02. The molecule has 4 bridgehead atoms. The Morgan fingerprint density at radius 3 is 2.23 bits per heavy atom. The van der Waals surface area contributed by atoms with Gasteiger partial charge in [0.25, 0.3) is 11.8 Å². The molecule has 2 heterocycles. The molecule has 6 rings (SSSR count). The van der Waals surface area contributed by atoms with Gasteiger partial charge in [0.05, 0.1) is 12.1 Å². The zero-order valence-corrected chi connectivity index (χ0v) is 16.7. The van der Waals surface area contributed by atoms with E-state index in [1.807, 2.05) is 0 Å². The number of aryl methyl sites for hydroxylation is 1. The molecular weight excluding hydrogens is 390 g/mol. The number of hydrogen-bond acceptors (Lipinski definition) is 7. The number of amides is 2. The number of hydrogen-bond donors (Lipinski definition) is 0. The third kappa shape index (κ3) is 3.61. The monoisotopic (exact) mass is 415 g/mol. The van der Waals surface area contributed by atoms with Crippen LogP contribution in [0.15, 0.2) is 12.5 Å². The molecule has 0 unspecified atom stereocenters. The minimum Gasteiger partial charge on any atom is -0.442 e. The molecule has 1 aliphatic heterocycles. The van der Waals surface area contributed by atoms with Crippen LogP contribution in [0.5, 0.6) is 0 Å². The Balaban J connectivity index is 1.15. The summed E-state index contributed by atoms with van der Waals surface area (Å²) in [6.07, 6.45) is 9.54. The van der Waals surface area contributed by atoms with E-state index in [-0.39, 0.29) is 31.3 Å². The smallest absolute Gasteiger partial charge is 0.419 e. The van der Waals surface area contributed by atoms with Crippen LogP contribution in [-0.4, -0.2) is 44.1 Å². The van der Waals surface area contributed by atoms with Gasteiger partial charge in [-0.3, -0.25) is 9.59 Å². The second-order valence-electron chi connectivity index (χ2n) is 9.29. The predicted octanol–water partition coefficient (Wildman–Crippen LogP) is 2.38. The first kappa shape index (κ1) is 19.3. The van der Waals surface area contributed by atoms with E-state index in [0.717, 1.165) is 19.3 Å². The van der Waals surface area contributed by atoms with Gasteiger partial charge in [0.2, 0.25) is 0 Å². The first-order valence-corrected chi connectivity index (χ1v) is 10.7. The molecule has 0 radical (unpaired) electrons. The number of carbonyl (C=O) groups excluding carboxylic acids is 4. The highest BCUT2D eigenvalue weighted by Gasteiger charge is 2.53. The molecule has 5 fully saturated rings. The normalized spacial score (nSPS) is 32.0. The van der Waals surface area contributed by atoms with Gasteiger partial charge in [-0.1, -0.05) is 0 Å². The third-order valence-corrected chi connectivity index (χ3v) is 6.92. The number of ether oxygens (including phenoxy) is 1. The summed E-state index contributed by atoms with van der Waals surface area (Å²) in [5.74, 6) is 0.340. The molecule has 0 N–H and O–H groups in total. The second kappa shape index (κ2) is 7.21. The molecule has 160 valence electrons. The molecular formula is C21H25N3O6. The third-order valence-electron chi connectivity index (χ3n) is 6.92. The highest BCUT2D eigenvalue weighted by Crippen LogP contribution is 2.57. The van der Waals surface area contributed by atoms with Gasteiger partial charge in [0, 0.05) is 25.5 Å². The van der Waals surface area contributed by atoms with Gasteiger partial charge in [-0.2, -0.15) is 0 Å². The van der Waals surface area contributed by atoms with Crippen molar-refractivity contribution in [3.05, 3.63) is 18.2 Å². The Morgan fingerprint density at radius 1 is 1.03 bits per heavy atom. The minimum atomic E-state index is -0.690. The fraction of sp³-hybridized carbons (Fsp3) is 0.667. The molecule has 1 aromatic heterocycles. The Hall–Kier alpha value is -2.71. The summed E-state index contributed by atoms with van der Waals surface area (Å²) in [5, 5.41) is 0.532. The fourth-order valence-electron chi connectivity index (χ4n) is 6.02.